The van der Waals surface area contributed by atoms with E-state index in [0.29, 0.717) is 17.1 Å². The third-order valence-corrected chi connectivity index (χ3v) is 2.64. The number of hydrazone groups is 1. The van der Waals surface area contributed by atoms with E-state index >= 15 is 0 Å². The van der Waals surface area contributed by atoms with Crippen LogP contribution in [-0.2, 0) is 0 Å². The third kappa shape index (κ3) is 2.36. The van der Waals surface area contributed by atoms with E-state index in [4.69, 9.17) is 27.0 Å². The molecule has 0 saturated carbocycles. The molecule has 0 amide bonds. The highest BCUT2D eigenvalue weighted by Crippen LogP contribution is 2.26. The summed E-state index contributed by atoms with van der Waals surface area (Å²) in [6.07, 6.45) is 1.36. The van der Waals surface area contributed by atoms with Gasteiger partial charge in [0.2, 0.25) is 0 Å². The van der Waals surface area contributed by atoms with Gasteiger partial charge in [-0.1, -0.05) is 11.6 Å². The number of nitrogens with two attached hydrogens (primary N) is 1. The first-order valence-electron chi connectivity index (χ1n) is 4.98. The fourth-order valence-electron chi connectivity index (χ4n) is 1.49. The van der Waals surface area contributed by atoms with Crippen LogP contribution in [0.5, 0.6) is 0 Å². The molecule has 2 rings (SSSR count). The smallest absolute Gasteiger partial charge is 0.337 e. The highest BCUT2D eigenvalue weighted by atomic mass is 35.5. The monoisotopic (exact) mass is 264 g/mol. The van der Waals surface area contributed by atoms with Crippen LogP contribution in [0.15, 0.2) is 39.9 Å². The molecule has 0 spiro atoms. The first kappa shape index (κ1) is 12.2. The number of aromatic carboxylic acids is 1. The lowest BCUT2D eigenvalue weighted by Gasteiger charge is -2.01. The van der Waals surface area contributed by atoms with Crippen molar-refractivity contribution in [3.63, 3.8) is 0 Å². The molecule has 2 aromatic rings. The number of hydrogen-bond donors (Lipinski definition) is 2. The van der Waals surface area contributed by atoms with Crippen LogP contribution in [-0.4, -0.2) is 17.3 Å². The highest BCUT2D eigenvalue weighted by Gasteiger charge is 2.12. The molecule has 0 radical (unpaired) electrons. The summed E-state index contributed by atoms with van der Waals surface area (Å²) in [7, 11) is 0. The Morgan fingerprint density at radius 3 is 2.83 bits per heavy atom. The van der Waals surface area contributed by atoms with Crippen LogP contribution in [0.2, 0.25) is 5.02 Å². The van der Waals surface area contributed by atoms with E-state index in [1.807, 2.05) is 0 Å². The molecule has 0 atom stereocenters. The van der Waals surface area contributed by atoms with Gasteiger partial charge in [0.15, 0.2) is 0 Å². The van der Waals surface area contributed by atoms with E-state index in [-0.39, 0.29) is 10.6 Å². The van der Waals surface area contributed by atoms with Crippen LogP contribution in [0.1, 0.15) is 16.1 Å². The molecule has 18 heavy (non-hydrogen) atoms. The Balaban J connectivity index is 2.44. The quantitative estimate of drug-likeness (QED) is 0.507. The summed E-state index contributed by atoms with van der Waals surface area (Å²) >= 11 is 5.78. The van der Waals surface area contributed by atoms with Crippen LogP contribution < -0.4 is 5.84 Å². The van der Waals surface area contributed by atoms with Crippen molar-refractivity contribution in [1.82, 2.24) is 0 Å². The van der Waals surface area contributed by atoms with Crippen molar-refractivity contribution in [3.8, 4) is 11.3 Å². The van der Waals surface area contributed by atoms with Crippen LogP contribution in [0.4, 0.5) is 0 Å². The number of rotatable bonds is 3. The minimum atomic E-state index is -1.09. The lowest BCUT2D eigenvalue weighted by atomic mass is 10.1. The van der Waals surface area contributed by atoms with Gasteiger partial charge in [0.1, 0.15) is 11.5 Å². The summed E-state index contributed by atoms with van der Waals surface area (Å²) < 4.78 is 5.42. The Kier molecular flexibility index (Phi) is 3.34. The SMILES string of the molecule is NN=Cc1ccc(-c2ccc(Cl)c(C(=O)O)c2)o1. The number of halogens is 1. The van der Waals surface area contributed by atoms with E-state index in [1.54, 1.807) is 18.2 Å². The zero-order chi connectivity index (χ0) is 13.1. The second-order valence-corrected chi connectivity index (χ2v) is 3.89. The zero-order valence-corrected chi connectivity index (χ0v) is 9.89. The molecule has 0 saturated heterocycles. The van der Waals surface area contributed by atoms with Gasteiger partial charge in [0.05, 0.1) is 16.8 Å². The van der Waals surface area contributed by atoms with E-state index in [1.165, 1.54) is 18.3 Å². The first-order valence-corrected chi connectivity index (χ1v) is 5.36. The van der Waals surface area contributed by atoms with Gasteiger partial charge in [-0.15, -0.1) is 0 Å². The minimum Gasteiger partial charge on any atom is -0.478 e. The average Bonchev–Trinajstić information content (AvgIpc) is 2.78. The number of carboxylic acids is 1. The lowest BCUT2D eigenvalue weighted by Crippen LogP contribution is -1.97. The normalized spacial score (nSPS) is 10.9. The predicted molar refractivity (Wildman–Crippen MR) is 67.9 cm³/mol. The first-order chi connectivity index (χ1) is 8.61. The van der Waals surface area contributed by atoms with Crippen molar-refractivity contribution in [2.24, 2.45) is 10.9 Å². The zero-order valence-electron chi connectivity index (χ0n) is 9.13. The molecular formula is C12H9ClN2O3. The van der Waals surface area contributed by atoms with Gasteiger partial charge < -0.3 is 15.4 Å². The summed E-state index contributed by atoms with van der Waals surface area (Å²) in [6.45, 7) is 0. The van der Waals surface area contributed by atoms with E-state index in [2.05, 4.69) is 5.10 Å². The number of benzene rings is 1. The molecule has 1 aromatic carbocycles. The Morgan fingerprint density at radius 2 is 2.17 bits per heavy atom. The molecular weight excluding hydrogens is 256 g/mol. The molecule has 0 aliphatic carbocycles. The minimum absolute atomic E-state index is 0.0274. The summed E-state index contributed by atoms with van der Waals surface area (Å²) in [4.78, 5) is 11.0. The van der Waals surface area contributed by atoms with Gasteiger partial charge in [-0.2, -0.15) is 5.10 Å². The van der Waals surface area contributed by atoms with Crippen molar-refractivity contribution in [3.05, 3.63) is 46.7 Å². The molecule has 0 unspecified atom stereocenters. The van der Waals surface area contributed by atoms with Crippen LogP contribution >= 0.6 is 11.6 Å². The van der Waals surface area contributed by atoms with Crippen molar-refractivity contribution in [2.45, 2.75) is 0 Å². The van der Waals surface area contributed by atoms with Crippen LogP contribution in [0, 0.1) is 0 Å². The summed E-state index contributed by atoms with van der Waals surface area (Å²) in [5, 5.41) is 12.5. The summed E-state index contributed by atoms with van der Waals surface area (Å²) in [5.41, 5.74) is 0.646. The predicted octanol–water partition coefficient (Wildman–Crippen LogP) is 2.59. The molecule has 92 valence electrons. The largest absolute Gasteiger partial charge is 0.478 e. The Labute approximate surface area is 107 Å². The second-order valence-electron chi connectivity index (χ2n) is 3.48. The van der Waals surface area contributed by atoms with Crippen molar-refractivity contribution in [2.75, 3.05) is 0 Å². The van der Waals surface area contributed by atoms with Gasteiger partial charge in [-0.05, 0) is 30.3 Å². The van der Waals surface area contributed by atoms with Gasteiger partial charge in [-0.3, -0.25) is 0 Å². The molecule has 0 aliphatic rings. The van der Waals surface area contributed by atoms with Crippen LogP contribution in [0.3, 0.4) is 0 Å². The van der Waals surface area contributed by atoms with E-state index in [9.17, 15) is 4.79 Å². The Morgan fingerprint density at radius 1 is 1.39 bits per heavy atom. The summed E-state index contributed by atoms with van der Waals surface area (Å²) in [6, 6.07) is 8.02. The fourth-order valence-corrected chi connectivity index (χ4v) is 1.69. The summed E-state index contributed by atoms with van der Waals surface area (Å²) in [5.74, 6) is 4.92. The molecule has 1 heterocycles. The highest BCUT2D eigenvalue weighted by molar-refractivity contribution is 6.33. The van der Waals surface area contributed by atoms with E-state index in [0.717, 1.165) is 0 Å². The van der Waals surface area contributed by atoms with Gasteiger partial charge in [-0.25, -0.2) is 4.79 Å². The fraction of sp³-hybridized carbons (Fsp3) is 0. The maximum atomic E-state index is 11.0. The van der Waals surface area contributed by atoms with Gasteiger partial charge in [0.25, 0.3) is 0 Å². The maximum Gasteiger partial charge on any atom is 0.337 e. The number of carboxylic acid groups (broad SMARTS) is 1. The van der Waals surface area contributed by atoms with Crippen molar-refractivity contribution >= 4 is 23.8 Å². The average molecular weight is 265 g/mol. The molecule has 5 nitrogen and oxygen atoms in total. The number of carbonyl (C=O) groups is 1. The standard InChI is InChI=1S/C12H9ClN2O3/c13-10-3-1-7(5-9(10)12(16)17)11-4-2-8(18-11)6-15-14/h1-6H,14H2,(H,16,17). The third-order valence-electron chi connectivity index (χ3n) is 2.31. The molecule has 3 N–H and O–H groups in total. The van der Waals surface area contributed by atoms with Crippen molar-refractivity contribution in [1.29, 1.82) is 0 Å². The number of furan rings is 1. The van der Waals surface area contributed by atoms with E-state index < -0.39 is 5.97 Å². The molecule has 1 aromatic heterocycles. The maximum absolute atomic E-state index is 11.0. The number of nitrogens with zero attached hydrogens (tertiary/aromatic N) is 1. The van der Waals surface area contributed by atoms with Crippen molar-refractivity contribution < 1.29 is 14.3 Å². The Bertz CT molecular complexity index is 620. The molecule has 0 aliphatic heterocycles. The molecule has 6 heteroatoms. The van der Waals surface area contributed by atoms with Gasteiger partial charge >= 0.3 is 5.97 Å². The Hall–Kier alpha value is -2.27. The molecule has 0 bridgehead atoms. The van der Waals surface area contributed by atoms with Gasteiger partial charge in [0, 0.05) is 5.56 Å². The number of hydrogen-bond acceptors (Lipinski definition) is 4. The topological polar surface area (TPSA) is 88.8 Å². The van der Waals surface area contributed by atoms with Crippen LogP contribution in [0.25, 0.3) is 11.3 Å². The lowest BCUT2D eigenvalue weighted by molar-refractivity contribution is 0.0697. The second kappa shape index (κ2) is 4.93. The molecule has 0 fully saturated rings.